The SMILES string of the molecule is CC(Oc1ccc(Cl)cc1)C(=O)N1CCC(n2c(=O)[nH]c3ccccc32)CC1. The Hall–Kier alpha value is -2.73. The first-order chi connectivity index (χ1) is 13.5. The highest BCUT2D eigenvalue weighted by atomic mass is 35.5. The predicted molar refractivity (Wildman–Crippen MR) is 109 cm³/mol. The molecule has 28 heavy (non-hydrogen) atoms. The molecule has 0 saturated carbocycles. The van der Waals surface area contributed by atoms with E-state index >= 15 is 0 Å². The third kappa shape index (κ3) is 3.64. The van der Waals surface area contributed by atoms with E-state index in [9.17, 15) is 9.59 Å². The Labute approximate surface area is 167 Å². The number of hydrogen-bond donors (Lipinski definition) is 1. The number of piperidine rings is 1. The molecule has 146 valence electrons. The van der Waals surface area contributed by atoms with Crippen molar-refractivity contribution in [2.75, 3.05) is 13.1 Å². The predicted octanol–water partition coefficient (Wildman–Crippen LogP) is 3.61. The number of H-pyrrole nitrogens is 1. The summed E-state index contributed by atoms with van der Waals surface area (Å²) in [7, 11) is 0. The van der Waals surface area contributed by atoms with E-state index < -0.39 is 6.10 Å². The van der Waals surface area contributed by atoms with Gasteiger partial charge in [-0.3, -0.25) is 9.36 Å². The van der Waals surface area contributed by atoms with Crippen LogP contribution in [0, 0.1) is 0 Å². The Morgan fingerprint density at radius 3 is 2.54 bits per heavy atom. The largest absolute Gasteiger partial charge is 0.481 e. The van der Waals surface area contributed by atoms with Gasteiger partial charge < -0.3 is 14.6 Å². The highest BCUT2D eigenvalue weighted by molar-refractivity contribution is 6.30. The van der Waals surface area contributed by atoms with Crippen LogP contribution in [0.2, 0.25) is 5.02 Å². The molecule has 0 spiro atoms. The molecule has 0 bridgehead atoms. The number of carbonyl (C=O) groups is 1. The number of para-hydroxylation sites is 2. The van der Waals surface area contributed by atoms with Crippen LogP contribution in [0.3, 0.4) is 0 Å². The molecular formula is C21H22ClN3O3. The van der Waals surface area contributed by atoms with Gasteiger partial charge in [0.05, 0.1) is 11.0 Å². The number of aromatic nitrogens is 2. The summed E-state index contributed by atoms with van der Waals surface area (Å²) in [5.41, 5.74) is 1.66. The van der Waals surface area contributed by atoms with Crippen LogP contribution in [0.1, 0.15) is 25.8 Å². The van der Waals surface area contributed by atoms with E-state index in [-0.39, 0.29) is 17.6 Å². The van der Waals surface area contributed by atoms with E-state index in [1.54, 1.807) is 31.2 Å². The first-order valence-electron chi connectivity index (χ1n) is 9.43. The summed E-state index contributed by atoms with van der Waals surface area (Å²) in [4.78, 5) is 29.8. The summed E-state index contributed by atoms with van der Waals surface area (Å²) in [6.45, 7) is 2.96. The van der Waals surface area contributed by atoms with Crippen LogP contribution < -0.4 is 10.4 Å². The second kappa shape index (κ2) is 7.72. The van der Waals surface area contributed by atoms with Gasteiger partial charge in [-0.05, 0) is 56.2 Å². The molecule has 0 radical (unpaired) electrons. The number of benzene rings is 2. The number of aromatic amines is 1. The standard InChI is InChI=1S/C21H22ClN3O3/c1-14(28-17-8-6-15(22)7-9-17)20(26)24-12-10-16(11-13-24)25-19-5-3-2-4-18(19)23-21(25)27/h2-9,14,16H,10-13H2,1H3,(H,23,27). The van der Waals surface area contributed by atoms with Gasteiger partial charge in [-0.1, -0.05) is 23.7 Å². The molecule has 2 aromatic carbocycles. The summed E-state index contributed by atoms with van der Waals surface area (Å²) in [6, 6.07) is 14.8. The van der Waals surface area contributed by atoms with Crippen molar-refractivity contribution in [3.8, 4) is 5.75 Å². The van der Waals surface area contributed by atoms with Gasteiger partial charge in [0, 0.05) is 24.2 Å². The van der Waals surface area contributed by atoms with Crippen LogP contribution >= 0.6 is 11.6 Å². The van der Waals surface area contributed by atoms with Crippen molar-refractivity contribution in [1.82, 2.24) is 14.5 Å². The fourth-order valence-electron chi connectivity index (χ4n) is 3.81. The minimum Gasteiger partial charge on any atom is -0.481 e. The third-order valence-electron chi connectivity index (χ3n) is 5.24. The zero-order valence-corrected chi connectivity index (χ0v) is 16.4. The number of fused-ring (bicyclic) bond motifs is 1. The number of ether oxygens (including phenoxy) is 1. The van der Waals surface area contributed by atoms with E-state index in [4.69, 9.17) is 16.3 Å². The quantitative estimate of drug-likeness (QED) is 0.728. The van der Waals surface area contributed by atoms with Crippen molar-refractivity contribution in [3.63, 3.8) is 0 Å². The first kappa shape index (κ1) is 18.6. The first-order valence-corrected chi connectivity index (χ1v) is 9.81. The van der Waals surface area contributed by atoms with Gasteiger partial charge in [0.1, 0.15) is 5.75 Å². The van der Waals surface area contributed by atoms with Gasteiger partial charge in [0.15, 0.2) is 6.10 Å². The van der Waals surface area contributed by atoms with Gasteiger partial charge in [0.2, 0.25) is 0 Å². The van der Waals surface area contributed by atoms with Gasteiger partial charge in [-0.25, -0.2) is 4.79 Å². The third-order valence-corrected chi connectivity index (χ3v) is 5.49. The second-order valence-electron chi connectivity index (χ2n) is 7.09. The number of amides is 1. The Bertz CT molecular complexity index is 1030. The van der Waals surface area contributed by atoms with Crippen LogP contribution in [0.25, 0.3) is 11.0 Å². The Morgan fingerprint density at radius 1 is 1.14 bits per heavy atom. The number of likely N-dealkylation sites (tertiary alicyclic amines) is 1. The number of carbonyl (C=O) groups excluding carboxylic acids is 1. The lowest BCUT2D eigenvalue weighted by molar-refractivity contribution is -0.139. The summed E-state index contributed by atoms with van der Waals surface area (Å²) >= 11 is 5.88. The maximum absolute atomic E-state index is 12.7. The number of hydrogen-bond acceptors (Lipinski definition) is 3. The van der Waals surface area contributed by atoms with Crippen molar-refractivity contribution in [2.45, 2.75) is 31.9 Å². The van der Waals surface area contributed by atoms with Crippen LogP contribution in [-0.2, 0) is 4.79 Å². The minimum atomic E-state index is -0.575. The van der Waals surface area contributed by atoms with Gasteiger partial charge in [-0.2, -0.15) is 0 Å². The summed E-state index contributed by atoms with van der Waals surface area (Å²) in [6.07, 6.45) is 0.899. The fourth-order valence-corrected chi connectivity index (χ4v) is 3.93. The minimum absolute atomic E-state index is 0.0420. The molecular weight excluding hydrogens is 378 g/mol. The van der Waals surface area contributed by atoms with Crippen LogP contribution in [0.15, 0.2) is 53.3 Å². The fraction of sp³-hybridized carbons (Fsp3) is 0.333. The van der Waals surface area contributed by atoms with Crippen molar-refractivity contribution in [2.24, 2.45) is 0 Å². The zero-order chi connectivity index (χ0) is 19.7. The molecule has 1 fully saturated rings. The van der Waals surface area contributed by atoms with Crippen molar-refractivity contribution >= 4 is 28.5 Å². The zero-order valence-electron chi connectivity index (χ0n) is 15.6. The van der Waals surface area contributed by atoms with E-state index in [0.29, 0.717) is 23.9 Å². The second-order valence-corrected chi connectivity index (χ2v) is 7.52. The smallest absolute Gasteiger partial charge is 0.326 e. The van der Waals surface area contributed by atoms with Crippen molar-refractivity contribution < 1.29 is 9.53 Å². The summed E-state index contributed by atoms with van der Waals surface area (Å²) in [5, 5.41) is 0.626. The Balaban J connectivity index is 1.40. The summed E-state index contributed by atoms with van der Waals surface area (Å²) in [5.74, 6) is 0.574. The molecule has 7 heteroatoms. The van der Waals surface area contributed by atoms with Gasteiger partial charge in [0.25, 0.3) is 5.91 Å². The van der Waals surface area contributed by atoms with E-state index in [0.717, 1.165) is 23.9 Å². The number of halogens is 1. The van der Waals surface area contributed by atoms with Crippen LogP contribution in [-0.4, -0.2) is 39.6 Å². The number of rotatable bonds is 4. The molecule has 4 rings (SSSR count). The Morgan fingerprint density at radius 2 is 1.82 bits per heavy atom. The molecule has 1 aromatic heterocycles. The number of imidazole rings is 1. The van der Waals surface area contributed by atoms with Crippen molar-refractivity contribution in [1.29, 1.82) is 0 Å². The van der Waals surface area contributed by atoms with Gasteiger partial charge >= 0.3 is 5.69 Å². The molecule has 1 N–H and O–H groups in total. The highest BCUT2D eigenvalue weighted by Gasteiger charge is 2.29. The maximum Gasteiger partial charge on any atom is 0.326 e. The number of nitrogens with one attached hydrogen (secondary N) is 1. The van der Waals surface area contributed by atoms with Crippen molar-refractivity contribution in [3.05, 3.63) is 64.0 Å². The molecule has 0 aliphatic carbocycles. The maximum atomic E-state index is 12.7. The average molecular weight is 400 g/mol. The molecule has 1 saturated heterocycles. The lowest BCUT2D eigenvalue weighted by atomic mass is 10.0. The lowest BCUT2D eigenvalue weighted by Gasteiger charge is -2.34. The molecule has 1 aliphatic heterocycles. The topological polar surface area (TPSA) is 67.3 Å². The van der Waals surface area contributed by atoms with Crippen LogP contribution in [0.5, 0.6) is 5.75 Å². The molecule has 6 nitrogen and oxygen atoms in total. The molecule has 1 amide bonds. The monoisotopic (exact) mass is 399 g/mol. The summed E-state index contributed by atoms with van der Waals surface area (Å²) < 4.78 is 7.57. The molecule has 2 heterocycles. The molecule has 1 aliphatic rings. The van der Waals surface area contributed by atoms with E-state index in [1.165, 1.54) is 0 Å². The normalized spacial score (nSPS) is 16.3. The van der Waals surface area contributed by atoms with Gasteiger partial charge in [-0.15, -0.1) is 0 Å². The lowest BCUT2D eigenvalue weighted by Crippen LogP contribution is -2.45. The van der Waals surface area contributed by atoms with E-state index in [1.807, 2.05) is 33.7 Å². The van der Waals surface area contributed by atoms with Crippen LogP contribution in [0.4, 0.5) is 0 Å². The Kier molecular flexibility index (Phi) is 5.13. The van der Waals surface area contributed by atoms with E-state index in [2.05, 4.69) is 4.98 Å². The number of nitrogens with zero attached hydrogens (tertiary/aromatic N) is 2. The molecule has 3 aromatic rings. The average Bonchev–Trinajstić information content (AvgIpc) is 3.05. The molecule has 1 unspecified atom stereocenters. The molecule has 1 atom stereocenters. The highest BCUT2D eigenvalue weighted by Crippen LogP contribution is 2.25.